The van der Waals surface area contributed by atoms with Gasteiger partial charge in [0.2, 0.25) is 6.79 Å². The van der Waals surface area contributed by atoms with Crippen LogP contribution in [0.15, 0.2) is 24.3 Å². The van der Waals surface area contributed by atoms with Crippen molar-refractivity contribution in [3.8, 4) is 34.5 Å². The van der Waals surface area contributed by atoms with E-state index >= 15 is 0 Å². The topological polar surface area (TPSA) is 66.4 Å². The number of ether oxygens (including phenoxy) is 5. The van der Waals surface area contributed by atoms with E-state index in [1.807, 2.05) is 38.1 Å². The Kier molecular flexibility index (Phi) is 2.69. The van der Waals surface area contributed by atoms with Crippen LogP contribution in [0.3, 0.4) is 0 Å². The minimum Gasteiger partial charge on any atom is -0.504 e. The Labute approximate surface area is 155 Å². The van der Waals surface area contributed by atoms with Gasteiger partial charge >= 0.3 is 0 Å². The molecule has 0 bridgehead atoms. The van der Waals surface area contributed by atoms with E-state index in [2.05, 4.69) is 0 Å². The van der Waals surface area contributed by atoms with Crippen molar-refractivity contribution in [2.24, 2.45) is 0 Å². The lowest BCUT2D eigenvalue weighted by Gasteiger charge is -2.34. The molecule has 0 saturated heterocycles. The van der Waals surface area contributed by atoms with Crippen LogP contribution in [0.25, 0.3) is 6.08 Å². The molecule has 0 saturated carbocycles. The van der Waals surface area contributed by atoms with Crippen molar-refractivity contribution >= 4 is 6.08 Å². The smallest absolute Gasteiger partial charge is 0.231 e. The highest BCUT2D eigenvalue weighted by atomic mass is 16.7. The molecule has 4 aliphatic rings. The number of phenolic OH excluding ortho intramolecular Hbond substituents is 1. The minimum atomic E-state index is -0.484. The summed E-state index contributed by atoms with van der Waals surface area (Å²) in [5.41, 5.74) is 2.29. The maximum absolute atomic E-state index is 10.5. The Morgan fingerprint density at radius 2 is 1.81 bits per heavy atom. The lowest BCUT2D eigenvalue weighted by Crippen LogP contribution is -2.30. The molecule has 2 aromatic carbocycles. The van der Waals surface area contributed by atoms with Crippen molar-refractivity contribution in [3.05, 3.63) is 41.0 Å². The predicted molar refractivity (Wildman–Crippen MR) is 96.0 cm³/mol. The van der Waals surface area contributed by atoms with Gasteiger partial charge in [0.1, 0.15) is 23.2 Å². The van der Waals surface area contributed by atoms with E-state index in [1.54, 1.807) is 6.07 Å². The van der Waals surface area contributed by atoms with Crippen LogP contribution >= 0.6 is 0 Å². The zero-order valence-electron chi connectivity index (χ0n) is 14.9. The molecule has 0 aromatic heterocycles. The summed E-state index contributed by atoms with van der Waals surface area (Å²) in [6.45, 7) is 4.61. The largest absolute Gasteiger partial charge is 0.504 e. The van der Waals surface area contributed by atoms with Gasteiger partial charge in [0.05, 0.1) is 12.5 Å². The average molecular weight is 366 g/mol. The molecule has 0 spiro atoms. The van der Waals surface area contributed by atoms with E-state index in [0.717, 1.165) is 28.2 Å². The molecule has 6 heteroatoms. The summed E-state index contributed by atoms with van der Waals surface area (Å²) in [6.07, 6.45) is 3.76. The molecule has 27 heavy (non-hydrogen) atoms. The highest BCUT2D eigenvalue weighted by molar-refractivity contribution is 5.73. The molecule has 0 amide bonds. The Hall–Kier alpha value is -3.02. The summed E-state index contributed by atoms with van der Waals surface area (Å²) >= 11 is 0. The van der Waals surface area contributed by atoms with Crippen LogP contribution in [-0.2, 0) is 0 Å². The Morgan fingerprint density at radius 1 is 1.00 bits per heavy atom. The lowest BCUT2D eigenvalue weighted by molar-refractivity contribution is 0.130. The summed E-state index contributed by atoms with van der Waals surface area (Å²) in [7, 11) is 0. The second-order valence-corrected chi connectivity index (χ2v) is 7.79. The Bertz CT molecular complexity index is 1020. The zero-order valence-corrected chi connectivity index (χ0v) is 14.9. The third-order valence-electron chi connectivity index (χ3n) is 5.54. The minimum absolute atomic E-state index is 0.0407. The van der Waals surface area contributed by atoms with Gasteiger partial charge in [-0.25, -0.2) is 0 Å². The SMILES string of the molecule is CC1(C)C=Cc2c(c(O)cc3c2[C@@H]2Oc4cc5c(cc4[C@@H]2CO3)OCO5)O1. The molecule has 6 rings (SSSR count). The zero-order chi connectivity index (χ0) is 18.3. The second kappa shape index (κ2) is 4.82. The van der Waals surface area contributed by atoms with E-state index < -0.39 is 5.60 Å². The van der Waals surface area contributed by atoms with Gasteiger partial charge in [-0.1, -0.05) is 6.08 Å². The summed E-state index contributed by atoms with van der Waals surface area (Å²) in [5, 5.41) is 10.5. The number of hydrogen-bond acceptors (Lipinski definition) is 6. The van der Waals surface area contributed by atoms with Crippen LogP contribution in [0.5, 0.6) is 34.5 Å². The maximum Gasteiger partial charge on any atom is 0.231 e. The van der Waals surface area contributed by atoms with Crippen LogP contribution in [0.4, 0.5) is 0 Å². The summed E-state index contributed by atoms with van der Waals surface area (Å²) in [6, 6.07) is 5.50. The first-order valence-corrected chi connectivity index (χ1v) is 9.01. The van der Waals surface area contributed by atoms with Crippen molar-refractivity contribution < 1.29 is 28.8 Å². The normalized spacial score (nSPS) is 24.7. The number of rotatable bonds is 0. The monoisotopic (exact) mass is 366 g/mol. The molecule has 4 aliphatic heterocycles. The summed E-state index contributed by atoms with van der Waals surface area (Å²) in [4.78, 5) is 0. The number of hydrogen-bond donors (Lipinski definition) is 1. The Balaban J connectivity index is 1.50. The standard InChI is InChI=1S/C21H18O6/c1-21(2)4-3-10-18-17(6-13(22)19(10)27-21)23-8-12-11-5-15-16(25-9-24-15)7-14(11)26-20(12)18/h3-7,12,20,22H,8-9H2,1-2H3/t12-,20+/m0/s1. The molecule has 0 unspecified atom stereocenters. The van der Waals surface area contributed by atoms with E-state index in [9.17, 15) is 5.11 Å². The molecular formula is C21H18O6. The molecule has 4 heterocycles. The lowest BCUT2D eigenvalue weighted by atomic mass is 9.85. The van der Waals surface area contributed by atoms with Crippen LogP contribution in [0.2, 0.25) is 0 Å². The maximum atomic E-state index is 10.5. The van der Waals surface area contributed by atoms with Gasteiger partial charge in [-0.3, -0.25) is 0 Å². The highest BCUT2D eigenvalue weighted by Crippen LogP contribution is 2.57. The molecule has 2 atom stereocenters. The second-order valence-electron chi connectivity index (χ2n) is 7.79. The molecular weight excluding hydrogens is 348 g/mol. The molecule has 0 radical (unpaired) electrons. The first-order chi connectivity index (χ1) is 13.0. The van der Waals surface area contributed by atoms with Crippen molar-refractivity contribution in [2.45, 2.75) is 31.5 Å². The number of phenols is 1. The predicted octanol–water partition coefficient (Wildman–Crippen LogP) is 3.91. The van der Waals surface area contributed by atoms with Crippen LogP contribution in [0, 0.1) is 0 Å². The fourth-order valence-corrected chi connectivity index (χ4v) is 4.26. The van der Waals surface area contributed by atoms with E-state index in [4.69, 9.17) is 23.7 Å². The van der Waals surface area contributed by atoms with E-state index in [1.165, 1.54) is 0 Å². The molecule has 0 fully saturated rings. The molecule has 138 valence electrons. The third-order valence-corrected chi connectivity index (χ3v) is 5.54. The van der Waals surface area contributed by atoms with Gasteiger partial charge in [0, 0.05) is 28.8 Å². The van der Waals surface area contributed by atoms with Crippen molar-refractivity contribution in [1.82, 2.24) is 0 Å². The van der Waals surface area contributed by atoms with Crippen LogP contribution in [-0.4, -0.2) is 24.1 Å². The highest BCUT2D eigenvalue weighted by Gasteiger charge is 2.45. The summed E-state index contributed by atoms with van der Waals surface area (Å²) < 4.78 is 29.4. The van der Waals surface area contributed by atoms with Crippen molar-refractivity contribution in [1.29, 1.82) is 0 Å². The van der Waals surface area contributed by atoms with Gasteiger partial charge in [0.25, 0.3) is 0 Å². The first-order valence-electron chi connectivity index (χ1n) is 9.01. The van der Waals surface area contributed by atoms with Gasteiger partial charge in [-0.15, -0.1) is 0 Å². The van der Waals surface area contributed by atoms with Gasteiger partial charge < -0.3 is 28.8 Å². The van der Waals surface area contributed by atoms with Crippen molar-refractivity contribution in [2.75, 3.05) is 13.4 Å². The van der Waals surface area contributed by atoms with Gasteiger partial charge in [-0.05, 0) is 26.0 Å². The molecule has 1 N–H and O–H groups in total. The number of aromatic hydroxyl groups is 1. The van der Waals surface area contributed by atoms with Crippen LogP contribution < -0.4 is 23.7 Å². The summed E-state index contributed by atoms with van der Waals surface area (Å²) in [5.74, 6) is 3.45. The third kappa shape index (κ3) is 2.01. The van der Waals surface area contributed by atoms with Gasteiger partial charge in [-0.2, -0.15) is 0 Å². The van der Waals surface area contributed by atoms with Gasteiger partial charge in [0.15, 0.2) is 23.0 Å². The number of benzene rings is 2. The van der Waals surface area contributed by atoms with E-state index in [-0.39, 0.29) is 24.6 Å². The molecule has 2 aromatic rings. The number of fused-ring (bicyclic) bond motifs is 8. The molecule has 0 aliphatic carbocycles. The van der Waals surface area contributed by atoms with Crippen molar-refractivity contribution in [3.63, 3.8) is 0 Å². The first kappa shape index (κ1) is 15.1. The Morgan fingerprint density at radius 3 is 2.67 bits per heavy atom. The molecule has 6 nitrogen and oxygen atoms in total. The fourth-order valence-electron chi connectivity index (χ4n) is 4.26. The quantitative estimate of drug-likeness (QED) is 0.762. The van der Waals surface area contributed by atoms with E-state index in [0.29, 0.717) is 23.9 Å². The van der Waals surface area contributed by atoms with Crippen LogP contribution in [0.1, 0.15) is 42.6 Å². The fraction of sp³-hybridized carbons (Fsp3) is 0.333. The average Bonchev–Trinajstić information content (AvgIpc) is 3.22.